The first-order chi connectivity index (χ1) is 7.67. The third-order valence-electron chi connectivity index (χ3n) is 2.58. The van der Waals surface area contributed by atoms with Crippen LogP contribution in [0.25, 0.3) is 0 Å². The van der Waals surface area contributed by atoms with Crippen LogP contribution in [0.2, 0.25) is 0 Å². The third kappa shape index (κ3) is 5.89. The van der Waals surface area contributed by atoms with Gasteiger partial charge in [-0.25, -0.2) is 0 Å². The highest BCUT2D eigenvalue weighted by atomic mass is 16.5. The Kier molecular flexibility index (Phi) is 8.87. The molecule has 0 bridgehead atoms. The molecule has 0 amide bonds. The lowest BCUT2D eigenvalue weighted by atomic mass is 9.94. The van der Waals surface area contributed by atoms with Crippen LogP contribution < -0.4 is 0 Å². The van der Waals surface area contributed by atoms with Gasteiger partial charge in [0, 0.05) is 6.42 Å². The molecule has 0 saturated carbocycles. The van der Waals surface area contributed by atoms with E-state index in [2.05, 4.69) is 6.92 Å². The quantitative estimate of drug-likeness (QED) is 0.450. The summed E-state index contributed by atoms with van der Waals surface area (Å²) in [5, 5.41) is 0. The van der Waals surface area contributed by atoms with Crippen LogP contribution in [0.15, 0.2) is 0 Å². The number of ether oxygens (including phenoxy) is 1. The molecule has 16 heavy (non-hydrogen) atoms. The monoisotopic (exact) mass is 228 g/mol. The number of hydrogen-bond donors (Lipinski definition) is 0. The molecule has 0 rings (SSSR count). The molecule has 3 nitrogen and oxygen atoms in total. The molecule has 0 saturated heterocycles. The highest BCUT2D eigenvalue weighted by Crippen LogP contribution is 2.15. The van der Waals surface area contributed by atoms with Gasteiger partial charge in [-0.3, -0.25) is 9.59 Å². The van der Waals surface area contributed by atoms with Crippen LogP contribution in [-0.4, -0.2) is 18.4 Å². The second-order valence-corrected chi connectivity index (χ2v) is 4.02. The zero-order chi connectivity index (χ0) is 12.4. The molecule has 94 valence electrons. The van der Waals surface area contributed by atoms with Crippen molar-refractivity contribution in [3.8, 4) is 0 Å². The summed E-state index contributed by atoms with van der Waals surface area (Å²) in [6, 6.07) is 0. The Bertz CT molecular complexity index is 211. The zero-order valence-electron chi connectivity index (χ0n) is 10.8. The van der Waals surface area contributed by atoms with Crippen LogP contribution in [0, 0.1) is 5.92 Å². The van der Waals surface area contributed by atoms with Crippen molar-refractivity contribution < 1.29 is 14.3 Å². The first-order valence-electron chi connectivity index (χ1n) is 6.36. The van der Waals surface area contributed by atoms with Crippen LogP contribution in [0.5, 0.6) is 0 Å². The maximum absolute atomic E-state index is 11.8. The Morgan fingerprint density at radius 1 is 1.06 bits per heavy atom. The van der Waals surface area contributed by atoms with E-state index in [0.29, 0.717) is 19.4 Å². The van der Waals surface area contributed by atoms with Gasteiger partial charge >= 0.3 is 5.97 Å². The van der Waals surface area contributed by atoms with E-state index < -0.39 is 5.92 Å². The van der Waals surface area contributed by atoms with E-state index >= 15 is 0 Å². The van der Waals surface area contributed by atoms with Crippen molar-refractivity contribution in [2.45, 2.75) is 59.3 Å². The van der Waals surface area contributed by atoms with E-state index in [-0.39, 0.29) is 11.8 Å². The van der Waals surface area contributed by atoms with E-state index in [0.717, 1.165) is 25.7 Å². The van der Waals surface area contributed by atoms with Gasteiger partial charge < -0.3 is 4.74 Å². The smallest absolute Gasteiger partial charge is 0.316 e. The molecule has 0 aliphatic carbocycles. The topological polar surface area (TPSA) is 43.4 Å². The van der Waals surface area contributed by atoms with Crippen molar-refractivity contribution in [2.24, 2.45) is 5.92 Å². The van der Waals surface area contributed by atoms with Crippen molar-refractivity contribution in [3.05, 3.63) is 0 Å². The SMILES string of the molecule is CCCCC(=O)C(CCCC)C(=O)OCC. The van der Waals surface area contributed by atoms with Gasteiger partial charge in [0.15, 0.2) is 0 Å². The van der Waals surface area contributed by atoms with Crippen molar-refractivity contribution in [2.75, 3.05) is 6.61 Å². The molecule has 1 unspecified atom stereocenters. The Balaban J connectivity index is 4.27. The van der Waals surface area contributed by atoms with Crippen molar-refractivity contribution in [1.82, 2.24) is 0 Å². The van der Waals surface area contributed by atoms with E-state index in [1.54, 1.807) is 6.92 Å². The number of ketones is 1. The molecule has 0 heterocycles. The molecule has 1 atom stereocenters. The van der Waals surface area contributed by atoms with Crippen LogP contribution >= 0.6 is 0 Å². The summed E-state index contributed by atoms with van der Waals surface area (Å²) in [4.78, 5) is 23.4. The van der Waals surface area contributed by atoms with E-state index in [9.17, 15) is 9.59 Å². The van der Waals surface area contributed by atoms with Gasteiger partial charge in [0.05, 0.1) is 6.61 Å². The molecule has 0 aromatic heterocycles. The van der Waals surface area contributed by atoms with Gasteiger partial charge in [-0.2, -0.15) is 0 Å². The summed E-state index contributed by atoms with van der Waals surface area (Å²) >= 11 is 0. The molecule has 0 fully saturated rings. The summed E-state index contributed by atoms with van der Waals surface area (Å²) in [7, 11) is 0. The molecule has 0 radical (unpaired) electrons. The first kappa shape index (κ1) is 15.1. The van der Waals surface area contributed by atoms with Gasteiger partial charge in [-0.1, -0.05) is 33.1 Å². The van der Waals surface area contributed by atoms with Crippen molar-refractivity contribution in [1.29, 1.82) is 0 Å². The van der Waals surface area contributed by atoms with Crippen LogP contribution in [0.1, 0.15) is 59.3 Å². The van der Waals surface area contributed by atoms with Crippen molar-refractivity contribution >= 4 is 11.8 Å². The molecule has 0 N–H and O–H groups in total. The van der Waals surface area contributed by atoms with Gasteiger partial charge in [-0.15, -0.1) is 0 Å². The number of esters is 1. The average Bonchev–Trinajstić information content (AvgIpc) is 2.27. The lowest BCUT2D eigenvalue weighted by Crippen LogP contribution is -2.26. The second kappa shape index (κ2) is 9.37. The minimum Gasteiger partial charge on any atom is -0.465 e. The van der Waals surface area contributed by atoms with Gasteiger partial charge in [0.1, 0.15) is 11.7 Å². The fraction of sp³-hybridized carbons (Fsp3) is 0.846. The lowest BCUT2D eigenvalue weighted by molar-refractivity contribution is -0.152. The summed E-state index contributed by atoms with van der Waals surface area (Å²) < 4.78 is 4.94. The van der Waals surface area contributed by atoms with Crippen LogP contribution in [0.4, 0.5) is 0 Å². The highest BCUT2D eigenvalue weighted by molar-refractivity contribution is 5.98. The first-order valence-corrected chi connectivity index (χ1v) is 6.36. The standard InChI is InChI=1S/C13H24O3/c1-4-7-9-11(13(15)16-6-3)12(14)10-8-5-2/h11H,4-10H2,1-3H3. The summed E-state index contributed by atoms with van der Waals surface area (Å²) in [6.45, 7) is 6.21. The molecule has 0 spiro atoms. The van der Waals surface area contributed by atoms with E-state index in [4.69, 9.17) is 4.74 Å². The molecular formula is C13H24O3. The number of rotatable bonds is 9. The van der Waals surface area contributed by atoms with Gasteiger partial charge in [-0.05, 0) is 19.8 Å². The van der Waals surface area contributed by atoms with Gasteiger partial charge in [0.2, 0.25) is 0 Å². The molecular weight excluding hydrogens is 204 g/mol. The maximum atomic E-state index is 11.8. The summed E-state index contributed by atoms with van der Waals surface area (Å²) in [6.07, 6.45) is 4.88. The van der Waals surface area contributed by atoms with Crippen molar-refractivity contribution in [3.63, 3.8) is 0 Å². The number of carbonyl (C=O) groups is 2. The predicted octanol–water partition coefficient (Wildman–Crippen LogP) is 3.12. The zero-order valence-corrected chi connectivity index (χ0v) is 10.8. The second-order valence-electron chi connectivity index (χ2n) is 4.02. The molecule has 0 aromatic rings. The van der Waals surface area contributed by atoms with Gasteiger partial charge in [0.25, 0.3) is 0 Å². The molecule has 0 aliphatic heterocycles. The Morgan fingerprint density at radius 2 is 1.69 bits per heavy atom. The largest absolute Gasteiger partial charge is 0.465 e. The maximum Gasteiger partial charge on any atom is 0.316 e. The number of carbonyl (C=O) groups excluding carboxylic acids is 2. The fourth-order valence-electron chi connectivity index (χ4n) is 1.59. The predicted molar refractivity (Wildman–Crippen MR) is 64.2 cm³/mol. The number of hydrogen-bond acceptors (Lipinski definition) is 3. The third-order valence-corrected chi connectivity index (χ3v) is 2.58. The Morgan fingerprint density at radius 3 is 2.19 bits per heavy atom. The number of Topliss-reactive ketones (excluding diaryl/α,β-unsaturated/α-hetero) is 1. The summed E-state index contributed by atoms with van der Waals surface area (Å²) in [5.41, 5.74) is 0. The molecule has 0 aliphatic rings. The number of unbranched alkanes of at least 4 members (excludes halogenated alkanes) is 2. The highest BCUT2D eigenvalue weighted by Gasteiger charge is 2.26. The van der Waals surface area contributed by atoms with E-state index in [1.165, 1.54) is 0 Å². The Hall–Kier alpha value is -0.860. The average molecular weight is 228 g/mol. The minimum atomic E-state index is -0.522. The minimum absolute atomic E-state index is 0.0498. The molecule has 0 aromatic carbocycles. The van der Waals surface area contributed by atoms with Crippen LogP contribution in [0.3, 0.4) is 0 Å². The molecule has 3 heteroatoms. The van der Waals surface area contributed by atoms with Crippen LogP contribution in [-0.2, 0) is 14.3 Å². The lowest BCUT2D eigenvalue weighted by Gasteiger charge is -2.13. The Labute approximate surface area is 98.6 Å². The van der Waals surface area contributed by atoms with E-state index in [1.807, 2.05) is 6.92 Å². The fourth-order valence-corrected chi connectivity index (χ4v) is 1.59. The summed E-state index contributed by atoms with van der Waals surface area (Å²) in [5.74, 6) is -0.808. The normalized spacial score (nSPS) is 12.2.